The molecule has 0 saturated carbocycles. The zero-order valence-corrected chi connectivity index (χ0v) is 14.7. The van der Waals surface area contributed by atoms with Crippen LogP contribution in [0.15, 0.2) is 54.6 Å². The molecule has 1 aliphatic rings. The lowest BCUT2D eigenvalue weighted by atomic mass is 9.91. The first-order valence-corrected chi connectivity index (χ1v) is 9.07. The van der Waals surface area contributed by atoms with Crippen LogP contribution in [0.4, 0.5) is 5.69 Å². The molecule has 0 saturated heterocycles. The molecule has 25 heavy (non-hydrogen) atoms. The lowest BCUT2D eigenvalue weighted by Crippen LogP contribution is -2.10. The van der Waals surface area contributed by atoms with Gasteiger partial charge >= 0.3 is 0 Å². The summed E-state index contributed by atoms with van der Waals surface area (Å²) in [6.07, 6.45) is 1.98. The number of rotatable bonds is 3. The van der Waals surface area contributed by atoms with E-state index in [1.807, 2.05) is 12.1 Å². The van der Waals surface area contributed by atoms with Crippen LogP contribution in [0.1, 0.15) is 38.1 Å². The number of carbonyl (C=O) groups is 2. The van der Waals surface area contributed by atoms with E-state index in [2.05, 4.69) is 23.5 Å². The first-order chi connectivity index (χ1) is 12.1. The highest BCUT2D eigenvalue weighted by Gasteiger charge is 2.21. The van der Waals surface area contributed by atoms with Gasteiger partial charge in [-0.05, 0) is 54.7 Å². The van der Waals surface area contributed by atoms with E-state index < -0.39 is 0 Å². The van der Waals surface area contributed by atoms with E-state index in [4.69, 9.17) is 0 Å². The predicted molar refractivity (Wildman–Crippen MR) is 102 cm³/mol. The third kappa shape index (κ3) is 3.01. The number of Topliss-reactive ketones (excluding diaryl/α,β-unsaturated/α-hetero) is 1. The maximum Gasteiger partial charge on any atom is 0.265 e. The fraction of sp³-hybridized carbons (Fsp3) is 0.143. The van der Waals surface area contributed by atoms with Crippen molar-refractivity contribution in [1.82, 2.24) is 0 Å². The molecule has 1 heterocycles. The molecule has 4 rings (SSSR count). The minimum Gasteiger partial charge on any atom is -0.321 e. The maximum atomic E-state index is 12.6. The van der Waals surface area contributed by atoms with E-state index in [9.17, 15) is 9.59 Å². The van der Waals surface area contributed by atoms with Crippen LogP contribution in [-0.2, 0) is 12.8 Å². The molecule has 0 unspecified atom stereocenters. The van der Waals surface area contributed by atoms with Gasteiger partial charge in [0.05, 0.1) is 4.88 Å². The van der Waals surface area contributed by atoms with Gasteiger partial charge in [0.25, 0.3) is 5.91 Å². The molecule has 0 atom stereocenters. The molecule has 124 valence electrons. The van der Waals surface area contributed by atoms with Gasteiger partial charge in [-0.1, -0.05) is 36.4 Å². The first kappa shape index (κ1) is 15.8. The van der Waals surface area contributed by atoms with Gasteiger partial charge in [-0.3, -0.25) is 9.59 Å². The second kappa shape index (κ2) is 6.30. The summed E-state index contributed by atoms with van der Waals surface area (Å²) in [5, 5.41) is 2.91. The minimum absolute atomic E-state index is 0.0145. The Hall–Kier alpha value is -2.72. The Morgan fingerprint density at radius 1 is 0.960 bits per heavy atom. The number of benzene rings is 2. The Morgan fingerprint density at radius 3 is 2.60 bits per heavy atom. The highest BCUT2D eigenvalue weighted by Crippen LogP contribution is 2.39. The normalized spacial score (nSPS) is 12.2. The van der Waals surface area contributed by atoms with Gasteiger partial charge in [0.2, 0.25) is 0 Å². The molecule has 1 N–H and O–H groups in total. The summed E-state index contributed by atoms with van der Waals surface area (Å²) in [5.74, 6) is -0.142. The van der Waals surface area contributed by atoms with Crippen molar-refractivity contribution in [3.63, 3.8) is 0 Å². The highest BCUT2D eigenvalue weighted by molar-refractivity contribution is 7.17. The van der Waals surface area contributed by atoms with Crippen molar-refractivity contribution in [2.75, 3.05) is 5.32 Å². The summed E-state index contributed by atoms with van der Waals surface area (Å²) in [6.45, 7) is 1.52. The summed E-state index contributed by atoms with van der Waals surface area (Å²) in [7, 11) is 0. The minimum atomic E-state index is -0.127. The van der Waals surface area contributed by atoms with Crippen LogP contribution in [0, 0.1) is 0 Å². The molecular formula is C21H17NO2S. The molecular weight excluding hydrogens is 330 g/mol. The topological polar surface area (TPSA) is 46.2 Å². The number of anilines is 1. The molecule has 3 aromatic rings. The number of nitrogens with one attached hydrogen (secondary N) is 1. The van der Waals surface area contributed by atoms with E-state index >= 15 is 0 Å². The van der Waals surface area contributed by atoms with Gasteiger partial charge in [-0.2, -0.15) is 0 Å². The summed E-state index contributed by atoms with van der Waals surface area (Å²) in [5.41, 5.74) is 5.07. The van der Waals surface area contributed by atoms with Crippen LogP contribution < -0.4 is 5.32 Å². The Balaban J connectivity index is 1.62. The van der Waals surface area contributed by atoms with E-state index in [0.717, 1.165) is 12.8 Å². The van der Waals surface area contributed by atoms with Gasteiger partial charge < -0.3 is 5.32 Å². The number of amides is 1. The Kier molecular flexibility index (Phi) is 3.98. The SMILES string of the molecule is CC(=O)c1cccc(NC(=O)c2cc3c(s2)-c2ccccc2CC3)c1. The van der Waals surface area contributed by atoms with E-state index in [1.165, 1.54) is 39.8 Å². The average Bonchev–Trinajstić information content (AvgIpc) is 3.07. The number of carbonyl (C=O) groups excluding carboxylic acids is 2. The van der Waals surface area contributed by atoms with Crippen molar-refractivity contribution in [1.29, 1.82) is 0 Å². The van der Waals surface area contributed by atoms with Crippen molar-refractivity contribution in [2.24, 2.45) is 0 Å². The molecule has 1 aliphatic carbocycles. The molecule has 3 nitrogen and oxygen atoms in total. The summed E-state index contributed by atoms with van der Waals surface area (Å²) in [4.78, 5) is 26.0. The molecule has 4 heteroatoms. The van der Waals surface area contributed by atoms with Gasteiger partial charge in [0, 0.05) is 16.1 Å². The Labute approximate surface area is 150 Å². The van der Waals surface area contributed by atoms with E-state index in [-0.39, 0.29) is 11.7 Å². The molecule has 0 spiro atoms. The zero-order valence-electron chi connectivity index (χ0n) is 13.8. The fourth-order valence-corrected chi connectivity index (χ4v) is 4.36. The number of aryl methyl sites for hydroxylation is 2. The number of fused-ring (bicyclic) bond motifs is 3. The van der Waals surface area contributed by atoms with Crippen molar-refractivity contribution >= 4 is 28.7 Å². The Morgan fingerprint density at radius 2 is 1.76 bits per heavy atom. The highest BCUT2D eigenvalue weighted by atomic mass is 32.1. The quantitative estimate of drug-likeness (QED) is 0.680. The maximum absolute atomic E-state index is 12.6. The molecule has 2 aromatic carbocycles. The summed E-state index contributed by atoms with van der Waals surface area (Å²) < 4.78 is 0. The molecule has 0 bridgehead atoms. The van der Waals surface area contributed by atoms with Gasteiger partial charge in [-0.15, -0.1) is 11.3 Å². The summed E-state index contributed by atoms with van der Waals surface area (Å²) >= 11 is 1.54. The zero-order chi connectivity index (χ0) is 17.4. The van der Waals surface area contributed by atoms with Crippen molar-refractivity contribution < 1.29 is 9.59 Å². The lowest BCUT2D eigenvalue weighted by Gasteiger charge is -2.15. The third-order valence-electron chi connectivity index (χ3n) is 4.49. The lowest BCUT2D eigenvalue weighted by molar-refractivity contribution is 0.101. The largest absolute Gasteiger partial charge is 0.321 e. The first-order valence-electron chi connectivity index (χ1n) is 8.25. The van der Waals surface area contributed by atoms with Crippen molar-refractivity contribution in [2.45, 2.75) is 19.8 Å². The van der Waals surface area contributed by atoms with Crippen LogP contribution >= 0.6 is 11.3 Å². The number of thiophene rings is 1. The molecule has 1 amide bonds. The number of hydrogen-bond donors (Lipinski definition) is 1. The van der Waals surface area contributed by atoms with Gasteiger partial charge in [0.15, 0.2) is 5.78 Å². The number of hydrogen-bond acceptors (Lipinski definition) is 3. The van der Waals surface area contributed by atoms with Gasteiger partial charge in [-0.25, -0.2) is 0 Å². The van der Waals surface area contributed by atoms with Crippen molar-refractivity contribution in [3.8, 4) is 10.4 Å². The van der Waals surface area contributed by atoms with Crippen molar-refractivity contribution in [3.05, 3.63) is 76.2 Å². The Bertz CT molecular complexity index is 987. The van der Waals surface area contributed by atoms with E-state index in [1.54, 1.807) is 24.3 Å². The van der Waals surface area contributed by atoms with Gasteiger partial charge in [0.1, 0.15) is 0 Å². The van der Waals surface area contributed by atoms with Crippen LogP contribution in [0.5, 0.6) is 0 Å². The second-order valence-corrected chi connectivity index (χ2v) is 7.27. The standard InChI is InChI=1S/C21H17NO2S/c1-13(23)15-6-4-7-17(11-15)22-21(24)19-12-16-10-9-14-5-2-3-8-18(14)20(16)25-19/h2-8,11-12H,9-10H2,1H3,(H,22,24). The predicted octanol–water partition coefficient (Wildman–Crippen LogP) is 4.97. The average molecular weight is 347 g/mol. The van der Waals surface area contributed by atoms with Crippen LogP contribution in [0.25, 0.3) is 10.4 Å². The summed E-state index contributed by atoms with van der Waals surface area (Å²) in [6, 6.07) is 17.4. The van der Waals surface area contributed by atoms with E-state index in [0.29, 0.717) is 16.1 Å². The molecule has 0 aliphatic heterocycles. The van der Waals surface area contributed by atoms with Crippen LogP contribution in [0.3, 0.4) is 0 Å². The van der Waals surface area contributed by atoms with Crippen LogP contribution in [0.2, 0.25) is 0 Å². The third-order valence-corrected chi connectivity index (χ3v) is 5.69. The molecule has 1 aromatic heterocycles. The fourth-order valence-electron chi connectivity index (χ4n) is 3.19. The monoisotopic (exact) mass is 347 g/mol. The number of ketones is 1. The molecule has 0 fully saturated rings. The molecule has 0 radical (unpaired) electrons. The smallest absolute Gasteiger partial charge is 0.265 e. The second-order valence-electron chi connectivity index (χ2n) is 6.21. The van der Waals surface area contributed by atoms with Crippen LogP contribution in [-0.4, -0.2) is 11.7 Å².